The van der Waals surface area contributed by atoms with Gasteiger partial charge in [-0.2, -0.15) is 0 Å². The molecule has 2 fully saturated rings. The quantitative estimate of drug-likeness (QED) is 0.828. The first-order chi connectivity index (χ1) is 8.82. The number of hydrogen-bond acceptors (Lipinski definition) is 3. The fraction of sp³-hybridized carbons (Fsp3) is 0.600. The largest absolute Gasteiger partial charge is 0.396 e. The van der Waals surface area contributed by atoms with E-state index in [4.69, 9.17) is 0 Å². The second kappa shape index (κ2) is 5.00. The summed E-state index contributed by atoms with van der Waals surface area (Å²) in [5, 5.41) is 13.2. The summed E-state index contributed by atoms with van der Waals surface area (Å²) in [6, 6.07) is 11.1. The molecule has 2 unspecified atom stereocenters. The van der Waals surface area contributed by atoms with E-state index in [-0.39, 0.29) is 5.41 Å². The minimum Gasteiger partial charge on any atom is -0.396 e. The SMILES string of the molecule is OCC12CCNC1CN(CCc1ccccc1)C2. The highest BCUT2D eigenvalue weighted by Crippen LogP contribution is 2.37. The van der Waals surface area contributed by atoms with Crippen LogP contribution in [0.5, 0.6) is 0 Å². The highest BCUT2D eigenvalue weighted by Gasteiger charge is 2.48. The molecular formula is C15H22N2O. The molecule has 2 N–H and O–H groups in total. The lowest BCUT2D eigenvalue weighted by molar-refractivity contribution is 0.128. The van der Waals surface area contributed by atoms with Crippen LogP contribution in [0.15, 0.2) is 30.3 Å². The first-order valence-corrected chi connectivity index (χ1v) is 6.93. The maximum Gasteiger partial charge on any atom is 0.0515 e. The van der Waals surface area contributed by atoms with Crippen LogP contribution in [0.2, 0.25) is 0 Å². The molecule has 0 saturated carbocycles. The fourth-order valence-corrected chi connectivity index (χ4v) is 3.44. The Bertz CT molecular complexity index is 395. The highest BCUT2D eigenvalue weighted by atomic mass is 16.3. The minimum absolute atomic E-state index is 0.136. The Balaban J connectivity index is 1.57. The van der Waals surface area contributed by atoms with Crippen LogP contribution in [0.1, 0.15) is 12.0 Å². The Morgan fingerprint density at radius 3 is 2.89 bits per heavy atom. The van der Waals surface area contributed by atoms with Gasteiger partial charge in [-0.1, -0.05) is 30.3 Å². The Hall–Kier alpha value is -0.900. The smallest absolute Gasteiger partial charge is 0.0515 e. The maximum atomic E-state index is 9.66. The molecule has 2 saturated heterocycles. The fourth-order valence-electron chi connectivity index (χ4n) is 3.44. The summed E-state index contributed by atoms with van der Waals surface area (Å²) >= 11 is 0. The molecule has 2 aliphatic heterocycles. The molecule has 0 aliphatic carbocycles. The molecule has 0 bridgehead atoms. The molecule has 3 heteroatoms. The van der Waals surface area contributed by atoms with E-state index >= 15 is 0 Å². The van der Waals surface area contributed by atoms with Gasteiger partial charge in [0.1, 0.15) is 0 Å². The number of hydrogen-bond donors (Lipinski definition) is 2. The van der Waals surface area contributed by atoms with Crippen molar-refractivity contribution in [3.63, 3.8) is 0 Å². The van der Waals surface area contributed by atoms with Crippen molar-refractivity contribution in [2.24, 2.45) is 5.41 Å². The van der Waals surface area contributed by atoms with Crippen LogP contribution in [-0.2, 0) is 6.42 Å². The predicted octanol–water partition coefficient (Wildman–Crippen LogP) is 0.885. The van der Waals surface area contributed by atoms with Gasteiger partial charge < -0.3 is 15.3 Å². The molecule has 0 amide bonds. The van der Waals surface area contributed by atoms with Crippen LogP contribution in [0.4, 0.5) is 0 Å². The van der Waals surface area contributed by atoms with Crippen LogP contribution in [-0.4, -0.2) is 48.8 Å². The van der Waals surface area contributed by atoms with Gasteiger partial charge in [-0.05, 0) is 24.9 Å². The zero-order valence-electron chi connectivity index (χ0n) is 10.8. The topological polar surface area (TPSA) is 35.5 Å². The van der Waals surface area contributed by atoms with Crippen molar-refractivity contribution in [2.75, 3.05) is 32.8 Å². The lowest BCUT2D eigenvalue weighted by Crippen LogP contribution is -2.37. The third-order valence-electron chi connectivity index (χ3n) is 4.61. The third kappa shape index (κ3) is 2.18. The highest BCUT2D eigenvalue weighted by molar-refractivity contribution is 5.15. The Morgan fingerprint density at radius 1 is 1.33 bits per heavy atom. The Kier molecular flexibility index (Phi) is 3.37. The molecule has 0 radical (unpaired) electrons. The summed E-state index contributed by atoms with van der Waals surface area (Å²) in [4.78, 5) is 2.50. The van der Waals surface area contributed by atoms with Crippen LogP contribution >= 0.6 is 0 Å². The molecule has 1 aromatic rings. The Morgan fingerprint density at radius 2 is 2.17 bits per heavy atom. The van der Waals surface area contributed by atoms with Crippen molar-refractivity contribution in [3.8, 4) is 0 Å². The van der Waals surface area contributed by atoms with Gasteiger partial charge in [-0.15, -0.1) is 0 Å². The van der Waals surface area contributed by atoms with E-state index < -0.39 is 0 Å². The van der Waals surface area contributed by atoms with Gasteiger partial charge in [0.15, 0.2) is 0 Å². The van der Waals surface area contributed by atoms with Gasteiger partial charge in [0.05, 0.1) is 6.61 Å². The zero-order valence-corrected chi connectivity index (χ0v) is 10.8. The second-order valence-corrected chi connectivity index (χ2v) is 5.75. The van der Waals surface area contributed by atoms with Gasteiger partial charge in [0.2, 0.25) is 0 Å². The second-order valence-electron chi connectivity index (χ2n) is 5.75. The monoisotopic (exact) mass is 246 g/mol. The van der Waals surface area contributed by atoms with Gasteiger partial charge in [0, 0.05) is 31.1 Å². The van der Waals surface area contributed by atoms with Gasteiger partial charge in [0.25, 0.3) is 0 Å². The van der Waals surface area contributed by atoms with Gasteiger partial charge in [-0.3, -0.25) is 0 Å². The summed E-state index contributed by atoms with van der Waals surface area (Å²) < 4.78 is 0. The number of nitrogens with zero attached hydrogens (tertiary/aromatic N) is 1. The molecule has 3 nitrogen and oxygen atoms in total. The molecule has 2 aliphatic rings. The van der Waals surface area contributed by atoms with E-state index in [9.17, 15) is 5.11 Å². The summed E-state index contributed by atoms with van der Waals surface area (Å²) in [7, 11) is 0. The Labute approximate surface area is 109 Å². The maximum absolute atomic E-state index is 9.66. The average molecular weight is 246 g/mol. The van der Waals surface area contributed by atoms with Crippen LogP contribution in [0.25, 0.3) is 0 Å². The summed E-state index contributed by atoms with van der Waals surface area (Å²) in [6.07, 6.45) is 2.23. The lowest BCUT2D eigenvalue weighted by Gasteiger charge is -2.25. The summed E-state index contributed by atoms with van der Waals surface area (Å²) in [6.45, 7) is 4.63. The predicted molar refractivity (Wildman–Crippen MR) is 72.5 cm³/mol. The lowest BCUT2D eigenvalue weighted by atomic mass is 9.84. The van der Waals surface area contributed by atoms with Crippen molar-refractivity contribution in [3.05, 3.63) is 35.9 Å². The molecule has 0 spiro atoms. The molecular weight excluding hydrogens is 224 g/mol. The van der Waals surface area contributed by atoms with Crippen LogP contribution < -0.4 is 5.32 Å². The molecule has 2 heterocycles. The molecule has 98 valence electrons. The van der Waals surface area contributed by atoms with Crippen LogP contribution in [0, 0.1) is 5.41 Å². The van der Waals surface area contributed by atoms with E-state index in [1.165, 1.54) is 5.56 Å². The summed E-state index contributed by atoms with van der Waals surface area (Å²) in [5.41, 5.74) is 1.54. The first kappa shape index (κ1) is 12.2. The number of fused-ring (bicyclic) bond motifs is 1. The molecule has 3 rings (SSSR count). The van der Waals surface area contributed by atoms with E-state index in [0.717, 1.165) is 39.0 Å². The number of likely N-dealkylation sites (tertiary alicyclic amines) is 1. The van der Waals surface area contributed by atoms with E-state index in [2.05, 4.69) is 40.5 Å². The third-order valence-corrected chi connectivity index (χ3v) is 4.61. The standard InChI is InChI=1S/C15H22N2O/c18-12-15-7-8-16-14(15)10-17(11-15)9-6-13-4-2-1-3-5-13/h1-5,14,16,18H,6-12H2. The number of aliphatic hydroxyl groups is 1. The average Bonchev–Trinajstić information content (AvgIpc) is 2.94. The molecule has 2 atom stereocenters. The zero-order chi connectivity index (χ0) is 12.4. The van der Waals surface area contributed by atoms with E-state index in [1.54, 1.807) is 0 Å². The number of nitrogens with one attached hydrogen (secondary N) is 1. The minimum atomic E-state index is 0.136. The van der Waals surface area contributed by atoms with Crippen LogP contribution in [0.3, 0.4) is 0 Å². The molecule has 0 aromatic heterocycles. The number of rotatable bonds is 4. The normalized spacial score (nSPS) is 31.7. The van der Waals surface area contributed by atoms with E-state index in [1.807, 2.05) is 0 Å². The summed E-state index contributed by atoms with van der Waals surface area (Å²) in [5.74, 6) is 0. The van der Waals surface area contributed by atoms with Gasteiger partial charge in [-0.25, -0.2) is 0 Å². The van der Waals surface area contributed by atoms with Gasteiger partial charge >= 0.3 is 0 Å². The van der Waals surface area contributed by atoms with Crippen molar-refractivity contribution >= 4 is 0 Å². The van der Waals surface area contributed by atoms with Crippen molar-refractivity contribution in [1.82, 2.24) is 10.2 Å². The molecule has 1 aromatic carbocycles. The molecule has 18 heavy (non-hydrogen) atoms. The number of benzene rings is 1. The number of aliphatic hydroxyl groups excluding tert-OH is 1. The van der Waals surface area contributed by atoms with Crippen molar-refractivity contribution < 1.29 is 5.11 Å². The van der Waals surface area contributed by atoms with Crippen molar-refractivity contribution in [2.45, 2.75) is 18.9 Å². The first-order valence-electron chi connectivity index (χ1n) is 6.93. The van der Waals surface area contributed by atoms with E-state index in [0.29, 0.717) is 12.6 Å². The van der Waals surface area contributed by atoms with Crippen molar-refractivity contribution in [1.29, 1.82) is 0 Å².